The fraction of sp³-hybridized carbons (Fsp3) is 0.684. The fourth-order valence-corrected chi connectivity index (χ4v) is 4.70. The smallest absolute Gasteiger partial charge is 0.253 e. The van der Waals surface area contributed by atoms with Crippen LogP contribution < -0.4 is 5.56 Å². The van der Waals surface area contributed by atoms with Crippen LogP contribution in [0.5, 0.6) is 0 Å². The Morgan fingerprint density at radius 1 is 1.12 bits per heavy atom. The minimum absolute atomic E-state index is 0.0936. The molecule has 0 bridgehead atoms. The standard InChI is InChI=1S/C19H28N4O/c1-12(2)23-11-7-6-10-15(23)17-16-13-8-4-5-9-14(13)19(24)20-18(16)22(3)21-17/h12,15H,4-11H2,1-3H3,(H,20,24)/t15-/m0/s1. The minimum atomic E-state index is 0.0936. The number of aromatic amines is 1. The van der Waals surface area contributed by atoms with E-state index in [-0.39, 0.29) is 5.56 Å². The van der Waals surface area contributed by atoms with Crippen LogP contribution in [0.25, 0.3) is 11.0 Å². The molecule has 2 aromatic rings. The predicted molar refractivity (Wildman–Crippen MR) is 96.4 cm³/mol. The molecule has 0 unspecified atom stereocenters. The van der Waals surface area contributed by atoms with Gasteiger partial charge in [0.25, 0.3) is 5.56 Å². The van der Waals surface area contributed by atoms with Gasteiger partial charge in [-0.1, -0.05) is 6.42 Å². The van der Waals surface area contributed by atoms with E-state index in [2.05, 4.69) is 23.7 Å². The van der Waals surface area contributed by atoms with E-state index in [1.54, 1.807) is 0 Å². The number of hydrogen-bond acceptors (Lipinski definition) is 3. The molecule has 2 aromatic heterocycles. The Kier molecular flexibility index (Phi) is 3.99. The number of aryl methyl sites for hydroxylation is 2. The van der Waals surface area contributed by atoms with E-state index in [0.717, 1.165) is 43.4 Å². The van der Waals surface area contributed by atoms with E-state index >= 15 is 0 Å². The Labute approximate surface area is 143 Å². The molecule has 1 atom stereocenters. The highest BCUT2D eigenvalue weighted by atomic mass is 16.1. The normalized spacial score (nSPS) is 22.2. The number of nitrogens with one attached hydrogen (secondary N) is 1. The van der Waals surface area contributed by atoms with Crippen LogP contribution in [0.4, 0.5) is 0 Å². The molecular formula is C19H28N4O. The summed E-state index contributed by atoms with van der Waals surface area (Å²) in [6.07, 6.45) is 7.93. The van der Waals surface area contributed by atoms with Crippen molar-refractivity contribution in [3.8, 4) is 0 Å². The van der Waals surface area contributed by atoms with Gasteiger partial charge < -0.3 is 4.98 Å². The molecule has 1 aliphatic heterocycles. The Morgan fingerprint density at radius 2 is 1.88 bits per heavy atom. The lowest BCUT2D eigenvalue weighted by Crippen LogP contribution is -2.38. The van der Waals surface area contributed by atoms with Crippen LogP contribution >= 0.6 is 0 Å². The number of nitrogens with zero attached hydrogens (tertiary/aromatic N) is 3. The van der Waals surface area contributed by atoms with Crippen LogP contribution in [0.3, 0.4) is 0 Å². The lowest BCUT2D eigenvalue weighted by molar-refractivity contribution is 0.109. The number of piperidine rings is 1. The molecule has 1 N–H and O–H groups in total. The van der Waals surface area contributed by atoms with Crippen molar-refractivity contribution < 1.29 is 0 Å². The van der Waals surface area contributed by atoms with Crippen molar-refractivity contribution in [2.45, 2.75) is 70.9 Å². The molecule has 5 heteroatoms. The summed E-state index contributed by atoms with van der Waals surface area (Å²) >= 11 is 0. The molecule has 24 heavy (non-hydrogen) atoms. The summed E-state index contributed by atoms with van der Waals surface area (Å²) in [5, 5.41) is 6.14. The number of pyridine rings is 1. The van der Waals surface area contributed by atoms with E-state index in [1.807, 2.05) is 11.7 Å². The minimum Gasteiger partial charge on any atom is -0.307 e. The number of hydrogen-bond donors (Lipinski definition) is 1. The van der Waals surface area contributed by atoms with Crippen LogP contribution in [0.15, 0.2) is 4.79 Å². The largest absolute Gasteiger partial charge is 0.307 e. The maximum absolute atomic E-state index is 12.5. The Morgan fingerprint density at radius 3 is 2.62 bits per heavy atom. The molecule has 0 aromatic carbocycles. The van der Waals surface area contributed by atoms with E-state index in [9.17, 15) is 4.79 Å². The van der Waals surface area contributed by atoms with Gasteiger partial charge >= 0.3 is 0 Å². The van der Waals surface area contributed by atoms with Gasteiger partial charge in [-0.2, -0.15) is 5.10 Å². The summed E-state index contributed by atoms with van der Waals surface area (Å²) in [7, 11) is 1.96. The van der Waals surface area contributed by atoms with E-state index in [1.165, 1.54) is 35.9 Å². The number of H-pyrrole nitrogens is 1. The summed E-state index contributed by atoms with van der Waals surface area (Å²) in [6, 6.07) is 0.894. The number of aromatic nitrogens is 3. The molecular weight excluding hydrogens is 300 g/mol. The first-order valence-corrected chi connectivity index (χ1v) is 9.44. The average molecular weight is 328 g/mol. The summed E-state index contributed by atoms with van der Waals surface area (Å²) in [5.74, 6) is 0. The molecule has 1 saturated heterocycles. The third-order valence-electron chi connectivity index (χ3n) is 5.87. The molecule has 130 valence electrons. The molecule has 0 radical (unpaired) electrons. The zero-order valence-electron chi connectivity index (χ0n) is 15.1. The van der Waals surface area contributed by atoms with Gasteiger partial charge in [0, 0.05) is 24.0 Å². The number of rotatable bonds is 2. The Bertz CT molecular complexity index is 817. The monoisotopic (exact) mass is 328 g/mol. The first-order chi connectivity index (χ1) is 11.6. The second-order valence-corrected chi connectivity index (χ2v) is 7.69. The summed E-state index contributed by atoms with van der Waals surface area (Å²) in [6.45, 7) is 5.70. The van der Waals surface area contributed by atoms with Gasteiger partial charge in [-0.25, -0.2) is 0 Å². The van der Waals surface area contributed by atoms with Crippen molar-refractivity contribution in [2.24, 2.45) is 7.05 Å². The third-order valence-corrected chi connectivity index (χ3v) is 5.87. The van der Waals surface area contributed by atoms with Crippen molar-refractivity contribution in [2.75, 3.05) is 6.54 Å². The maximum Gasteiger partial charge on any atom is 0.253 e. The highest BCUT2D eigenvalue weighted by molar-refractivity contribution is 5.84. The van der Waals surface area contributed by atoms with Gasteiger partial charge in [0.05, 0.1) is 11.7 Å². The molecule has 2 aliphatic rings. The van der Waals surface area contributed by atoms with Crippen LogP contribution in [0, 0.1) is 0 Å². The quantitative estimate of drug-likeness (QED) is 0.922. The highest BCUT2D eigenvalue weighted by Gasteiger charge is 2.32. The second kappa shape index (κ2) is 6.03. The fourth-order valence-electron chi connectivity index (χ4n) is 4.70. The van der Waals surface area contributed by atoms with Gasteiger partial charge in [0.2, 0.25) is 0 Å². The lowest BCUT2D eigenvalue weighted by Gasteiger charge is -2.38. The zero-order chi connectivity index (χ0) is 16.8. The van der Waals surface area contributed by atoms with Crippen LogP contribution in [-0.4, -0.2) is 32.3 Å². The van der Waals surface area contributed by atoms with Crippen molar-refractivity contribution in [1.82, 2.24) is 19.7 Å². The van der Waals surface area contributed by atoms with Gasteiger partial charge in [0.1, 0.15) is 5.65 Å². The van der Waals surface area contributed by atoms with E-state index in [0.29, 0.717) is 12.1 Å². The second-order valence-electron chi connectivity index (χ2n) is 7.69. The third kappa shape index (κ3) is 2.41. The molecule has 0 saturated carbocycles. The summed E-state index contributed by atoms with van der Waals surface area (Å²) < 4.78 is 1.88. The lowest BCUT2D eigenvalue weighted by atomic mass is 9.88. The Hall–Kier alpha value is -1.62. The van der Waals surface area contributed by atoms with Crippen molar-refractivity contribution in [3.05, 3.63) is 27.2 Å². The highest BCUT2D eigenvalue weighted by Crippen LogP contribution is 2.37. The summed E-state index contributed by atoms with van der Waals surface area (Å²) in [4.78, 5) is 18.2. The van der Waals surface area contributed by atoms with Gasteiger partial charge in [-0.3, -0.25) is 14.4 Å². The van der Waals surface area contributed by atoms with Gasteiger partial charge in [-0.15, -0.1) is 0 Å². The SMILES string of the molecule is CC(C)N1CCCC[C@H]1c1nn(C)c2[nH]c(=O)c3c(c12)CCCC3. The first kappa shape index (κ1) is 15.9. The van der Waals surface area contributed by atoms with E-state index in [4.69, 9.17) is 5.10 Å². The molecule has 4 rings (SSSR count). The molecule has 3 heterocycles. The molecule has 0 spiro atoms. The van der Waals surface area contributed by atoms with Crippen molar-refractivity contribution in [3.63, 3.8) is 0 Å². The van der Waals surface area contributed by atoms with E-state index < -0.39 is 0 Å². The number of fused-ring (bicyclic) bond motifs is 3. The average Bonchev–Trinajstić information content (AvgIpc) is 2.92. The summed E-state index contributed by atoms with van der Waals surface area (Å²) in [5.41, 5.74) is 4.48. The van der Waals surface area contributed by atoms with Gasteiger partial charge in [-0.05, 0) is 64.5 Å². The van der Waals surface area contributed by atoms with Crippen molar-refractivity contribution >= 4 is 11.0 Å². The van der Waals surface area contributed by atoms with Crippen LogP contribution in [-0.2, 0) is 19.9 Å². The number of likely N-dealkylation sites (tertiary alicyclic amines) is 1. The van der Waals surface area contributed by atoms with Crippen LogP contribution in [0.2, 0.25) is 0 Å². The van der Waals surface area contributed by atoms with Crippen LogP contribution in [0.1, 0.15) is 68.8 Å². The molecule has 5 nitrogen and oxygen atoms in total. The van der Waals surface area contributed by atoms with Gasteiger partial charge in [0.15, 0.2) is 0 Å². The maximum atomic E-state index is 12.5. The first-order valence-electron chi connectivity index (χ1n) is 9.44. The topological polar surface area (TPSA) is 53.9 Å². The Balaban J connectivity index is 1.94. The molecule has 1 fully saturated rings. The zero-order valence-corrected chi connectivity index (χ0v) is 15.1. The molecule has 1 aliphatic carbocycles. The predicted octanol–water partition coefficient (Wildman–Crippen LogP) is 3.08. The molecule has 0 amide bonds. The van der Waals surface area contributed by atoms with Crippen molar-refractivity contribution in [1.29, 1.82) is 0 Å².